The van der Waals surface area contributed by atoms with Crippen molar-refractivity contribution in [1.29, 1.82) is 0 Å². The lowest BCUT2D eigenvalue weighted by molar-refractivity contribution is 0.0342. The molecule has 0 unspecified atom stereocenters. The number of anilines is 1. The fourth-order valence-corrected chi connectivity index (χ4v) is 3.03. The molecule has 4 rings (SSSR count). The number of aromatic nitrogens is 2. The van der Waals surface area contributed by atoms with Crippen LogP contribution in [0.1, 0.15) is 5.56 Å². The van der Waals surface area contributed by atoms with Gasteiger partial charge in [-0.15, -0.1) is 0 Å². The van der Waals surface area contributed by atoms with Crippen LogP contribution in [0.2, 0.25) is 0 Å². The maximum atomic E-state index is 5.89. The first-order valence-electron chi connectivity index (χ1n) is 7.92. The number of nitrogens with zero attached hydrogens (tertiary/aromatic N) is 2. The van der Waals surface area contributed by atoms with Gasteiger partial charge < -0.3 is 10.5 Å². The van der Waals surface area contributed by atoms with Crippen molar-refractivity contribution in [2.45, 2.75) is 6.54 Å². The lowest BCUT2D eigenvalue weighted by Crippen LogP contribution is -2.35. The maximum Gasteiger partial charge on any atom is 0.153 e. The van der Waals surface area contributed by atoms with Crippen LogP contribution in [0.5, 0.6) is 0 Å². The van der Waals surface area contributed by atoms with Crippen LogP contribution in [0, 0.1) is 0 Å². The Kier molecular flexibility index (Phi) is 3.73. The Labute approximate surface area is 135 Å². The second-order valence-electron chi connectivity index (χ2n) is 5.95. The summed E-state index contributed by atoms with van der Waals surface area (Å²) in [5, 5.41) is 7.95. The molecule has 1 fully saturated rings. The smallest absolute Gasteiger partial charge is 0.153 e. The number of hydrogen-bond acceptors (Lipinski definition) is 4. The maximum absolute atomic E-state index is 5.89. The van der Waals surface area contributed by atoms with Gasteiger partial charge in [0, 0.05) is 25.0 Å². The molecular weight excluding hydrogens is 288 g/mol. The van der Waals surface area contributed by atoms with Crippen molar-refractivity contribution in [2.24, 2.45) is 0 Å². The number of ether oxygens (including phenoxy) is 1. The monoisotopic (exact) mass is 308 g/mol. The Morgan fingerprint density at radius 3 is 2.57 bits per heavy atom. The fraction of sp³-hybridized carbons (Fsp3) is 0.278. The van der Waals surface area contributed by atoms with Gasteiger partial charge in [0.15, 0.2) is 5.82 Å². The van der Waals surface area contributed by atoms with Crippen LogP contribution in [0.15, 0.2) is 42.5 Å². The van der Waals surface area contributed by atoms with Crippen LogP contribution in [-0.2, 0) is 11.3 Å². The number of morpholine rings is 1. The number of hydrogen-bond donors (Lipinski definition) is 2. The van der Waals surface area contributed by atoms with E-state index in [9.17, 15) is 0 Å². The van der Waals surface area contributed by atoms with E-state index in [1.165, 1.54) is 11.1 Å². The summed E-state index contributed by atoms with van der Waals surface area (Å²) in [6.45, 7) is 4.68. The number of benzene rings is 2. The summed E-state index contributed by atoms with van der Waals surface area (Å²) in [7, 11) is 0. The van der Waals surface area contributed by atoms with E-state index in [1.54, 1.807) is 0 Å². The Morgan fingerprint density at radius 1 is 1.04 bits per heavy atom. The number of fused-ring (bicyclic) bond motifs is 1. The van der Waals surface area contributed by atoms with Gasteiger partial charge in [0.05, 0.1) is 18.7 Å². The molecule has 0 radical (unpaired) electrons. The molecule has 2 aromatic carbocycles. The first-order valence-corrected chi connectivity index (χ1v) is 7.92. The average molecular weight is 308 g/mol. The van der Waals surface area contributed by atoms with Gasteiger partial charge in [-0.05, 0) is 28.8 Å². The van der Waals surface area contributed by atoms with Crippen LogP contribution in [0.25, 0.3) is 22.0 Å². The van der Waals surface area contributed by atoms with Crippen molar-refractivity contribution >= 4 is 16.7 Å². The highest BCUT2D eigenvalue weighted by atomic mass is 16.5. The highest BCUT2D eigenvalue weighted by Gasteiger charge is 2.11. The number of aromatic amines is 1. The molecule has 0 aliphatic carbocycles. The second-order valence-corrected chi connectivity index (χ2v) is 5.95. The third-order valence-electron chi connectivity index (χ3n) is 4.39. The molecule has 0 amide bonds. The van der Waals surface area contributed by atoms with Crippen LogP contribution < -0.4 is 5.73 Å². The standard InChI is InChI=1S/C18H20N4O/c19-18-16-11-15(5-6-17(16)20-21-18)14-3-1-13(2-4-14)12-22-7-9-23-10-8-22/h1-6,11H,7-10,12H2,(H3,19,20,21). The summed E-state index contributed by atoms with van der Waals surface area (Å²) < 4.78 is 5.39. The van der Waals surface area contributed by atoms with E-state index < -0.39 is 0 Å². The quantitative estimate of drug-likeness (QED) is 0.780. The molecule has 0 spiro atoms. The van der Waals surface area contributed by atoms with Gasteiger partial charge in [0.1, 0.15) is 0 Å². The number of nitrogens with one attached hydrogen (secondary N) is 1. The van der Waals surface area contributed by atoms with Gasteiger partial charge in [0.25, 0.3) is 0 Å². The van der Waals surface area contributed by atoms with Crippen LogP contribution in [0.4, 0.5) is 5.82 Å². The zero-order valence-corrected chi connectivity index (χ0v) is 13.0. The van der Waals surface area contributed by atoms with Crippen molar-refractivity contribution in [3.63, 3.8) is 0 Å². The van der Waals surface area contributed by atoms with Crippen molar-refractivity contribution in [1.82, 2.24) is 15.1 Å². The van der Waals surface area contributed by atoms with E-state index in [0.29, 0.717) is 5.82 Å². The van der Waals surface area contributed by atoms with Gasteiger partial charge >= 0.3 is 0 Å². The zero-order valence-electron chi connectivity index (χ0n) is 13.0. The average Bonchev–Trinajstić information content (AvgIpc) is 2.97. The third-order valence-corrected chi connectivity index (χ3v) is 4.39. The first-order chi connectivity index (χ1) is 11.3. The molecule has 2 heterocycles. The molecule has 3 aromatic rings. The van der Waals surface area contributed by atoms with Gasteiger partial charge in [0.2, 0.25) is 0 Å². The van der Waals surface area contributed by atoms with Gasteiger partial charge in [-0.1, -0.05) is 30.3 Å². The van der Waals surface area contributed by atoms with E-state index in [4.69, 9.17) is 10.5 Å². The van der Waals surface area contributed by atoms with Gasteiger partial charge in [-0.25, -0.2) is 0 Å². The SMILES string of the molecule is Nc1n[nH]c2ccc(-c3ccc(CN4CCOCC4)cc3)cc12. The first kappa shape index (κ1) is 14.2. The lowest BCUT2D eigenvalue weighted by Gasteiger charge is -2.26. The van der Waals surface area contributed by atoms with Crippen LogP contribution in [0.3, 0.4) is 0 Å². The minimum atomic E-state index is 0.547. The molecule has 23 heavy (non-hydrogen) atoms. The summed E-state index contributed by atoms with van der Waals surface area (Å²) in [5.41, 5.74) is 10.5. The van der Waals surface area contributed by atoms with E-state index in [-0.39, 0.29) is 0 Å². The summed E-state index contributed by atoms with van der Waals surface area (Å²) >= 11 is 0. The Morgan fingerprint density at radius 2 is 1.78 bits per heavy atom. The predicted octanol–water partition coefficient (Wildman–Crippen LogP) is 2.64. The minimum Gasteiger partial charge on any atom is -0.382 e. The second kappa shape index (κ2) is 6.02. The molecular formula is C18H20N4O. The third kappa shape index (κ3) is 2.93. The summed E-state index contributed by atoms with van der Waals surface area (Å²) in [5.74, 6) is 0.547. The lowest BCUT2D eigenvalue weighted by atomic mass is 10.0. The number of nitrogen functional groups attached to an aromatic ring is 1. The number of rotatable bonds is 3. The van der Waals surface area contributed by atoms with Gasteiger partial charge in [-0.2, -0.15) is 5.10 Å². The molecule has 0 atom stereocenters. The number of nitrogens with two attached hydrogens (primary N) is 1. The topological polar surface area (TPSA) is 67.2 Å². The number of H-pyrrole nitrogens is 1. The molecule has 1 aliphatic heterocycles. The zero-order chi connectivity index (χ0) is 15.6. The molecule has 1 aliphatic rings. The molecule has 1 saturated heterocycles. The normalized spacial score (nSPS) is 16.0. The molecule has 5 heteroatoms. The van der Waals surface area contributed by atoms with E-state index in [0.717, 1.165) is 49.3 Å². The largest absolute Gasteiger partial charge is 0.382 e. The van der Waals surface area contributed by atoms with Crippen molar-refractivity contribution < 1.29 is 4.74 Å². The summed E-state index contributed by atoms with van der Waals surface area (Å²) in [4.78, 5) is 2.43. The van der Waals surface area contributed by atoms with Crippen LogP contribution >= 0.6 is 0 Å². The molecule has 0 bridgehead atoms. The van der Waals surface area contributed by atoms with Crippen LogP contribution in [-0.4, -0.2) is 41.4 Å². The molecule has 3 N–H and O–H groups in total. The molecule has 1 aromatic heterocycles. The van der Waals surface area contributed by atoms with Crippen molar-refractivity contribution in [3.05, 3.63) is 48.0 Å². The van der Waals surface area contributed by atoms with Crippen molar-refractivity contribution in [3.8, 4) is 11.1 Å². The minimum absolute atomic E-state index is 0.547. The van der Waals surface area contributed by atoms with Crippen molar-refractivity contribution in [2.75, 3.05) is 32.0 Å². The molecule has 118 valence electrons. The summed E-state index contributed by atoms with van der Waals surface area (Å²) in [6, 6.07) is 15.0. The van der Waals surface area contributed by atoms with E-state index in [2.05, 4.69) is 51.5 Å². The fourth-order valence-electron chi connectivity index (χ4n) is 3.03. The molecule has 0 saturated carbocycles. The Balaban J connectivity index is 1.55. The Hall–Kier alpha value is -2.37. The summed E-state index contributed by atoms with van der Waals surface area (Å²) in [6.07, 6.45) is 0. The van der Waals surface area contributed by atoms with Gasteiger partial charge in [-0.3, -0.25) is 10.00 Å². The van der Waals surface area contributed by atoms with E-state index >= 15 is 0 Å². The molecule has 5 nitrogen and oxygen atoms in total. The predicted molar refractivity (Wildman–Crippen MR) is 92.0 cm³/mol. The highest BCUT2D eigenvalue weighted by Crippen LogP contribution is 2.26. The van der Waals surface area contributed by atoms with E-state index in [1.807, 2.05) is 6.07 Å². The Bertz CT molecular complexity index is 804. The highest BCUT2D eigenvalue weighted by molar-refractivity contribution is 5.92.